The monoisotopic (exact) mass is 326 g/mol. The normalized spacial score (nSPS) is 30.0. The van der Waals surface area contributed by atoms with Crippen molar-refractivity contribution in [2.24, 2.45) is 5.92 Å². The number of ether oxygens (including phenoxy) is 1. The van der Waals surface area contributed by atoms with Crippen LogP contribution in [-0.4, -0.2) is 65.1 Å². The predicted octanol–water partition coefficient (Wildman–Crippen LogP) is 1.72. The van der Waals surface area contributed by atoms with Gasteiger partial charge in [0.1, 0.15) is 6.04 Å². The van der Waals surface area contributed by atoms with Gasteiger partial charge in [-0.25, -0.2) is 0 Å². The summed E-state index contributed by atoms with van der Waals surface area (Å²) in [6.07, 6.45) is 5.36. The summed E-state index contributed by atoms with van der Waals surface area (Å²) in [6, 6.07) is -0.256. The molecule has 2 heterocycles. The van der Waals surface area contributed by atoms with Crippen LogP contribution in [0, 0.1) is 5.92 Å². The fraction of sp³-hybridized carbons (Fsp3) is 0.875. The van der Waals surface area contributed by atoms with E-state index < -0.39 is 0 Å². The van der Waals surface area contributed by atoms with Crippen LogP contribution < -0.4 is 0 Å². The summed E-state index contributed by atoms with van der Waals surface area (Å²) in [6.45, 7) is 4.02. The molecule has 0 unspecified atom stereocenters. The predicted molar refractivity (Wildman–Crippen MR) is 86.5 cm³/mol. The smallest absolute Gasteiger partial charge is 0.246 e. The molecular formula is C16H26N2O3S. The molecule has 3 rings (SSSR count). The summed E-state index contributed by atoms with van der Waals surface area (Å²) >= 11 is 1.70. The topological polar surface area (TPSA) is 49.9 Å². The second kappa shape index (κ2) is 7.21. The van der Waals surface area contributed by atoms with E-state index in [-0.39, 0.29) is 29.9 Å². The molecule has 3 aliphatic rings. The highest BCUT2D eigenvalue weighted by molar-refractivity contribution is 7.99. The molecule has 0 aromatic heterocycles. The van der Waals surface area contributed by atoms with E-state index >= 15 is 0 Å². The van der Waals surface area contributed by atoms with E-state index in [1.54, 1.807) is 11.8 Å². The van der Waals surface area contributed by atoms with Crippen molar-refractivity contribution in [2.45, 2.75) is 51.2 Å². The Morgan fingerprint density at radius 2 is 2.00 bits per heavy atom. The number of hydrogen-bond acceptors (Lipinski definition) is 4. The zero-order chi connectivity index (χ0) is 15.5. The minimum Gasteiger partial charge on any atom is -0.375 e. The van der Waals surface area contributed by atoms with Crippen LogP contribution >= 0.6 is 11.8 Å². The van der Waals surface area contributed by atoms with Gasteiger partial charge in [-0.3, -0.25) is 9.59 Å². The van der Waals surface area contributed by atoms with Gasteiger partial charge in [-0.05, 0) is 19.3 Å². The molecular weight excluding hydrogens is 300 g/mol. The summed E-state index contributed by atoms with van der Waals surface area (Å²) in [5, 5.41) is 0. The molecule has 2 atom stereocenters. The quantitative estimate of drug-likeness (QED) is 0.792. The molecule has 6 heteroatoms. The van der Waals surface area contributed by atoms with Crippen LogP contribution in [0.3, 0.4) is 0 Å². The Kier molecular flexibility index (Phi) is 5.29. The number of nitrogens with zero attached hydrogens (tertiary/aromatic N) is 2. The van der Waals surface area contributed by atoms with Gasteiger partial charge in [0.25, 0.3) is 0 Å². The Morgan fingerprint density at radius 1 is 1.23 bits per heavy atom. The van der Waals surface area contributed by atoms with E-state index in [0.29, 0.717) is 25.6 Å². The number of hydrogen-bond donors (Lipinski definition) is 0. The molecule has 1 aliphatic carbocycles. The van der Waals surface area contributed by atoms with Crippen LogP contribution in [-0.2, 0) is 14.3 Å². The number of morpholine rings is 1. The summed E-state index contributed by atoms with van der Waals surface area (Å²) in [7, 11) is 0. The van der Waals surface area contributed by atoms with Gasteiger partial charge in [0.2, 0.25) is 11.8 Å². The number of thioether (sulfide) groups is 1. The van der Waals surface area contributed by atoms with Crippen LogP contribution in [0.5, 0.6) is 0 Å². The minimum atomic E-state index is -0.256. The molecule has 0 spiro atoms. The molecule has 2 aliphatic heterocycles. The number of amides is 2. The van der Waals surface area contributed by atoms with E-state index in [4.69, 9.17) is 4.74 Å². The van der Waals surface area contributed by atoms with Crippen molar-refractivity contribution < 1.29 is 14.3 Å². The molecule has 3 fully saturated rings. The molecule has 0 aromatic rings. The van der Waals surface area contributed by atoms with Gasteiger partial charge in [-0.1, -0.05) is 19.8 Å². The summed E-state index contributed by atoms with van der Waals surface area (Å²) < 4.78 is 5.65. The third-order valence-corrected chi connectivity index (χ3v) is 6.07. The summed E-state index contributed by atoms with van der Waals surface area (Å²) in [5.74, 6) is 1.90. The lowest BCUT2D eigenvalue weighted by Crippen LogP contribution is -2.54. The third-order valence-electron chi connectivity index (χ3n) is 5.06. The Bertz CT molecular complexity index is 426. The van der Waals surface area contributed by atoms with Gasteiger partial charge < -0.3 is 14.5 Å². The lowest BCUT2D eigenvalue weighted by atomic mass is 10.1. The Labute approximate surface area is 136 Å². The fourth-order valence-corrected chi connectivity index (χ4v) is 4.80. The molecule has 0 radical (unpaired) electrons. The Hall–Kier alpha value is -0.750. The van der Waals surface area contributed by atoms with Crippen molar-refractivity contribution >= 4 is 23.6 Å². The second-order valence-corrected chi connectivity index (χ2v) is 7.49. The maximum Gasteiger partial charge on any atom is 0.246 e. The van der Waals surface area contributed by atoms with Crippen molar-refractivity contribution in [2.75, 3.05) is 31.3 Å². The van der Waals surface area contributed by atoms with Gasteiger partial charge in [-0.2, -0.15) is 0 Å². The maximum absolute atomic E-state index is 12.9. The van der Waals surface area contributed by atoms with Crippen LogP contribution in [0.25, 0.3) is 0 Å². The van der Waals surface area contributed by atoms with Crippen LogP contribution in [0.4, 0.5) is 0 Å². The molecule has 22 heavy (non-hydrogen) atoms. The van der Waals surface area contributed by atoms with Gasteiger partial charge in [-0.15, -0.1) is 11.8 Å². The highest BCUT2D eigenvalue weighted by Gasteiger charge is 2.40. The molecule has 0 bridgehead atoms. The molecule has 1 saturated carbocycles. The van der Waals surface area contributed by atoms with Crippen molar-refractivity contribution in [1.29, 1.82) is 0 Å². The Morgan fingerprint density at radius 3 is 2.73 bits per heavy atom. The largest absolute Gasteiger partial charge is 0.375 e. The average Bonchev–Trinajstić information content (AvgIpc) is 3.24. The first-order valence-corrected chi connectivity index (χ1v) is 9.64. The van der Waals surface area contributed by atoms with Gasteiger partial charge in [0.15, 0.2) is 0 Å². The average molecular weight is 326 g/mol. The van der Waals surface area contributed by atoms with Crippen molar-refractivity contribution in [1.82, 2.24) is 9.80 Å². The number of rotatable bonds is 3. The minimum absolute atomic E-state index is 0.123. The zero-order valence-corrected chi connectivity index (χ0v) is 14.1. The van der Waals surface area contributed by atoms with Crippen LogP contribution in [0.2, 0.25) is 0 Å². The first-order chi connectivity index (χ1) is 10.7. The van der Waals surface area contributed by atoms with Gasteiger partial charge in [0.05, 0.1) is 18.6 Å². The van der Waals surface area contributed by atoms with Crippen molar-refractivity contribution in [3.8, 4) is 0 Å². The molecule has 0 N–H and O–H groups in total. The van der Waals surface area contributed by atoms with Gasteiger partial charge >= 0.3 is 0 Å². The third kappa shape index (κ3) is 3.27. The van der Waals surface area contributed by atoms with E-state index in [0.717, 1.165) is 37.9 Å². The van der Waals surface area contributed by atoms with E-state index in [9.17, 15) is 9.59 Å². The van der Waals surface area contributed by atoms with E-state index in [2.05, 4.69) is 6.92 Å². The first-order valence-electron chi connectivity index (χ1n) is 8.49. The van der Waals surface area contributed by atoms with Gasteiger partial charge in [0, 0.05) is 24.8 Å². The zero-order valence-electron chi connectivity index (χ0n) is 13.3. The molecule has 5 nitrogen and oxygen atoms in total. The summed E-state index contributed by atoms with van der Waals surface area (Å²) in [4.78, 5) is 29.3. The fourth-order valence-electron chi connectivity index (χ4n) is 3.65. The van der Waals surface area contributed by atoms with E-state index in [1.165, 1.54) is 0 Å². The molecule has 0 aromatic carbocycles. The highest BCUT2D eigenvalue weighted by Crippen LogP contribution is 2.31. The molecule has 2 saturated heterocycles. The van der Waals surface area contributed by atoms with E-state index in [1.807, 2.05) is 9.80 Å². The SMILES string of the molecule is CC[C@H]1CN(C(=O)[C@H]2CSCN2C(=O)C2CCCC2)CCO1. The van der Waals surface area contributed by atoms with Crippen LogP contribution in [0.15, 0.2) is 0 Å². The molecule has 2 amide bonds. The van der Waals surface area contributed by atoms with Crippen LogP contribution in [0.1, 0.15) is 39.0 Å². The number of carbonyl (C=O) groups excluding carboxylic acids is 2. The van der Waals surface area contributed by atoms with Crippen molar-refractivity contribution in [3.63, 3.8) is 0 Å². The lowest BCUT2D eigenvalue weighted by Gasteiger charge is -2.36. The highest BCUT2D eigenvalue weighted by atomic mass is 32.2. The number of carbonyl (C=O) groups is 2. The van der Waals surface area contributed by atoms with Crippen molar-refractivity contribution in [3.05, 3.63) is 0 Å². The maximum atomic E-state index is 12.9. The molecule has 124 valence electrons. The lowest BCUT2D eigenvalue weighted by molar-refractivity contribution is -0.149. The first kappa shape index (κ1) is 16.1. The standard InChI is InChI=1S/C16H26N2O3S/c1-2-13-9-17(7-8-21-13)16(20)14-10-22-11-18(14)15(19)12-5-3-4-6-12/h12-14H,2-11H2,1H3/t13-,14+/m0/s1. The second-order valence-electron chi connectivity index (χ2n) is 6.49. The summed E-state index contributed by atoms with van der Waals surface area (Å²) in [5.41, 5.74) is 0. The Balaban J connectivity index is 1.64.